The largest absolute Gasteiger partial charge is 0.350 e. The van der Waals surface area contributed by atoms with Crippen molar-refractivity contribution in [2.75, 3.05) is 6.54 Å². The molecule has 0 spiro atoms. The predicted octanol–water partition coefficient (Wildman–Crippen LogP) is 1.32. The molecule has 0 atom stereocenters. The zero-order valence-electron chi connectivity index (χ0n) is 11.7. The van der Waals surface area contributed by atoms with E-state index >= 15 is 0 Å². The summed E-state index contributed by atoms with van der Waals surface area (Å²) in [6.45, 7) is 3.51. The van der Waals surface area contributed by atoms with E-state index in [0.717, 1.165) is 5.82 Å². The van der Waals surface area contributed by atoms with Gasteiger partial charge in [0.15, 0.2) is 0 Å². The van der Waals surface area contributed by atoms with Crippen LogP contribution in [0.25, 0.3) is 0 Å². The molecule has 2 rings (SSSR count). The summed E-state index contributed by atoms with van der Waals surface area (Å²) in [5.74, 6) is 0.818. The highest BCUT2D eigenvalue weighted by atomic mass is 35.5. The number of rotatable bonds is 5. The Kier molecular flexibility index (Phi) is 8.61. The molecule has 6 nitrogen and oxygen atoms in total. The smallest absolute Gasteiger partial charge is 0.251 e. The number of halogens is 2. The van der Waals surface area contributed by atoms with E-state index in [1.54, 1.807) is 24.5 Å². The summed E-state index contributed by atoms with van der Waals surface area (Å²) < 4.78 is 1.98. The van der Waals surface area contributed by atoms with Crippen molar-refractivity contribution < 1.29 is 4.79 Å². The molecule has 0 bridgehead atoms. The maximum absolute atomic E-state index is 11.9. The van der Waals surface area contributed by atoms with Gasteiger partial charge in [-0.1, -0.05) is 0 Å². The average molecular weight is 332 g/mol. The molecule has 0 aliphatic heterocycles. The molecular formula is C13H19Cl2N5O. The Hall–Kier alpha value is -1.63. The Morgan fingerprint density at radius 3 is 2.71 bits per heavy atom. The Bertz CT molecular complexity index is 573. The van der Waals surface area contributed by atoms with E-state index in [1.165, 1.54) is 0 Å². The zero-order chi connectivity index (χ0) is 13.7. The molecule has 0 aliphatic carbocycles. The third kappa shape index (κ3) is 5.34. The predicted molar refractivity (Wildman–Crippen MR) is 85.9 cm³/mol. The number of pyridine rings is 1. The van der Waals surface area contributed by atoms with Crippen LogP contribution in [-0.4, -0.2) is 27.0 Å². The number of amides is 1. The summed E-state index contributed by atoms with van der Waals surface area (Å²) in [4.78, 5) is 20.1. The summed E-state index contributed by atoms with van der Waals surface area (Å²) in [6, 6.07) is 3.38. The van der Waals surface area contributed by atoms with Crippen molar-refractivity contribution >= 4 is 30.7 Å². The highest BCUT2D eigenvalue weighted by molar-refractivity contribution is 5.94. The molecule has 0 radical (unpaired) electrons. The van der Waals surface area contributed by atoms with Gasteiger partial charge in [0.2, 0.25) is 0 Å². The number of carbonyl (C=O) groups excluding carboxylic acids is 1. The van der Waals surface area contributed by atoms with Crippen molar-refractivity contribution in [1.29, 1.82) is 0 Å². The van der Waals surface area contributed by atoms with Crippen molar-refractivity contribution in [3.05, 3.63) is 47.8 Å². The van der Waals surface area contributed by atoms with Crippen LogP contribution >= 0.6 is 24.8 Å². The summed E-state index contributed by atoms with van der Waals surface area (Å²) >= 11 is 0. The second kappa shape index (κ2) is 9.33. The lowest BCUT2D eigenvalue weighted by atomic mass is 10.2. The Balaban J connectivity index is 0.00000200. The number of hydrogen-bond acceptors (Lipinski definition) is 4. The van der Waals surface area contributed by atoms with Crippen LogP contribution in [0.3, 0.4) is 0 Å². The third-order valence-electron chi connectivity index (χ3n) is 2.85. The van der Waals surface area contributed by atoms with E-state index in [9.17, 15) is 4.79 Å². The molecule has 2 aromatic heterocycles. The van der Waals surface area contributed by atoms with Gasteiger partial charge < -0.3 is 15.6 Å². The fourth-order valence-corrected chi connectivity index (χ4v) is 1.76. The highest BCUT2D eigenvalue weighted by Crippen LogP contribution is 2.01. The van der Waals surface area contributed by atoms with Crippen molar-refractivity contribution in [3.8, 4) is 0 Å². The fraction of sp³-hybridized carbons (Fsp3) is 0.308. The molecule has 1 amide bonds. The van der Waals surface area contributed by atoms with E-state index < -0.39 is 0 Å². The Labute approximate surface area is 136 Å². The van der Waals surface area contributed by atoms with Crippen LogP contribution < -0.4 is 11.1 Å². The molecular weight excluding hydrogens is 313 g/mol. The fourth-order valence-electron chi connectivity index (χ4n) is 1.76. The van der Waals surface area contributed by atoms with Crippen LogP contribution in [0, 0.1) is 6.92 Å². The monoisotopic (exact) mass is 331 g/mol. The first-order valence-corrected chi connectivity index (χ1v) is 6.11. The molecule has 3 N–H and O–H groups in total. The van der Waals surface area contributed by atoms with E-state index in [1.807, 2.05) is 17.7 Å². The van der Waals surface area contributed by atoms with Crippen molar-refractivity contribution in [3.63, 3.8) is 0 Å². The van der Waals surface area contributed by atoms with Gasteiger partial charge in [-0.25, -0.2) is 4.98 Å². The topological polar surface area (TPSA) is 85.8 Å². The number of imidazole rings is 1. The summed E-state index contributed by atoms with van der Waals surface area (Å²) in [5.41, 5.74) is 6.78. The van der Waals surface area contributed by atoms with Crippen LogP contribution in [0.2, 0.25) is 0 Å². The minimum absolute atomic E-state index is 0. The molecule has 0 saturated carbocycles. The van der Waals surface area contributed by atoms with Gasteiger partial charge in [-0.2, -0.15) is 0 Å². The van der Waals surface area contributed by atoms with E-state index in [2.05, 4.69) is 15.3 Å². The van der Waals surface area contributed by atoms with Crippen LogP contribution in [0.4, 0.5) is 0 Å². The number of aromatic nitrogens is 3. The van der Waals surface area contributed by atoms with Crippen LogP contribution in [0.15, 0.2) is 30.7 Å². The third-order valence-corrected chi connectivity index (χ3v) is 2.85. The van der Waals surface area contributed by atoms with Gasteiger partial charge in [0, 0.05) is 43.8 Å². The SMILES string of the molecule is Cc1nccn1CCNC(=O)c1ccnc(CN)c1.Cl.Cl. The van der Waals surface area contributed by atoms with Crippen molar-refractivity contribution in [2.45, 2.75) is 20.0 Å². The molecule has 0 unspecified atom stereocenters. The normalized spacial score (nSPS) is 9.43. The second-order valence-electron chi connectivity index (χ2n) is 4.16. The first-order chi connectivity index (χ1) is 9.20. The second-order valence-corrected chi connectivity index (χ2v) is 4.16. The minimum Gasteiger partial charge on any atom is -0.350 e. The van der Waals surface area contributed by atoms with Gasteiger partial charge in [-0.05, 0) is 19.1 Å². The minimum atomic E-state index is -0.116. The lowest BCUT2D eigenvalue weighted by Gasteiger charge is -2.07. The van der Waals surface area contributed by atoms with E-state index in [0.29, 0.717) is 30.9 Å². The lowest BCUT2D eigenvalue weighted by molar-refractivity contribution is 0.0952. The number of nitrogens with two attached hydrogens (primary N) is 1. The first kappa shape index (κ1) is 19.4. The Morgan fingerprint density at radius 1 is 1.33 bits per heavy atom. The van der Waals surface area contributed by atoms with Gasteiger partial charge in [0.1, 0.15) is 5.82 Å². The van der Waals surface area contributed by atoms with E-state index in [-0.39, 0.29) is 30.7 Å². The van der Waals surface area contributed by atoms with Gasteiger partial charge >= 0.3 is 0 Å². The first-order valence-electron chi connectivity index (χ1n) is 6.11. The quantitative estimate of drug-likeness (QED) is 0.865. The number of carbonyl (C=O) groups is 1. The van der Waals surface area contributed by atoms with E-state index in [4.69, 9.17) is 5.73 Å². The van der Waals surface area contributed by atoms with Crippen LogP contribution in [0.5, 0.6) is 0 Å². The number of hydrogen-bond donors (Lipinski definition) is 2. The molecule has 0 aliphatic rings. The lowest BCUT2D eigenvalue weighted by Crippen LogP contribution is -2.27. The number of nitrogens with zero attached hydrogens (tertiary/aromatic N) is 3. The van der Waals surface area contributed by atoms with Gasteiger partial charge in [0.25, 0.3) is 5.91 Å². The highest BCUT2D eigenvalue weighted by Gasteiger charge is 2.06. The maximum Gasteiger partial charge on any atom is 0.251 e. The van der Waals surface area contributed by atoms with Gasteiger partial charge in [-0.3, -0.25) is 9.78 Å². The zero-order valence-corrected chi connectivity index (χ0v) is 13.3. The van der Waals surface area contributed by atoms with Crippen LogP contribution in [-0.2, 0) is 13.1 Å². The van der Waals surface area contributed by atoms with Gasteiger partial charge in [0.05, 0.1) is 5.69 Å². The number of nitrogens with one attached hydrogen (secondary N) is 1. The Morgan fingerprint density at radius 2 is 2.10 bits per heavy atom. The van der Waals surface area contributed by atoms with Crippen molar-refractivity contribution in [1.82, 2.24) is 19.9 Å². The summed E-state index contributed by atoms with van der Waals surface area (Å²) in [5, 5.41) is 2.86. The molecule has 0 aromatic carbocycles. The molecule has 116 valence electrons. The summed E-state index contributed by atoms with van der Waals surface area (Å²) in [6.07, 6.45) is 5.23. The van der Waals surface area contributed by atoms with Crippen LogP contribution in [0.1, 0.15) is 21.9 Å². The average Bonchev–Trinajstić information content (AvgIpc) is 2.84. The number of aryl methyl sites for hydroxylation is 1. The standard InChI is InChI=1S/C13H17N5O.2ClH/c1-10-15-4-6-18(10)7-5-17-13(19)11-2-3-16-12(8-11)9-14;;/h2-4,6,8H,5,7,9,14H2,1H3,(H,17,19);2*1H. The summed E-state index contributed by atoms with van der Waals surface area (Å²) in [7, 11) is 0. The molecule has 0 fully saturated rings. The molecule has 2 aromatic rings. The molecule has 8 heteroatoms. The van der Waals surface area contributed by atoms with Gasteiger partial charge in [-0.15, -0.1) is 24.8 Å². The molecule has 0 saturated heterocycles. The maximum atomic E-state index is 11.9. The van der Waals surface area contributed by atoms with Crippen molar-refractivity contribution in [2.24, 2.45) is 5.73 Å². The molecule has 2 heterocycles. The molecule has 21 heavy (non-hydrogen) atoms.